The van der Waals surface area contributed by atoms with Crippen LogP contribution in [0.5, 0.6) is 5.75 Å². The molecule has 2 heterocycles. The third-order valence-electron chi connectivity index (χ3n) is 5.70. The summed E-state index contributed by atoms with van der Waals surface area (Å²) < 4.78 is 5.31. The molecular weight excluding hydrogens is 394 g/mol. The van der Waals surface area contributed by atoms with Crippen LogP contribution < -0.4 is 20.7 Å². The number of aliphatic hydroxyl groups is 1. The molecule has 0 aliphatic carbocycles. The summed E-state index contributed by atoms with van der Waals surface area (Å²) in [6.07, 6.45) is -0.431. The van der Waals surface area contributed by atoms with Crippen molar-refractivity contribution >= 4 is 34.8 Å². The Hall–Kier alpha value is -2.61. The number of rotatable bonds is 4. The van der Waals surface area contributed by atoms with E-state index < -0.39 is 23.6 Å². The normalized spacial score (nSPS) is 26.1. The van der Waals surface area contributed by atoms with Gasteiger partial charge in [0.05, 0.1) is 24.8 Å². The second-order valence-corrected chi connectivity index (χ2v) is 7.86. The lowest BCUT2D eigenvalue weighted by atomic mass is 9.79. The van der Waals surface area contributed by atoms with E-state index >= 15 is 0 Å². The number of aliphatic hydroxyl groups excluding tert-OH is 1. The monoisotopic (exact) mass is 415 g/mol. The number of halogens is 1. The highest BCUT2D eigenvalue weighted by atomic mass is 35.5. The molecule has 2 aromatic carbocycles. The van der Waals surface area contributed by atoms with Crippen molar-refractivity contribution in [3.63, 3.8) is 0 Å². The lowest BCUT2D eigenvalue weighted by molar-refractivity contribution is -0.130. The lowest BCUT2D eigenvalue weighted by Crippen LogP contribution is -2.53. The van der Waals surface area contributed by atoms with E-state index in [0.29, 0.717) is 34.1 Å². The van der Waals surface area contributed by atoms with E-state index in [1.165, 1.54) is 7.11 Å². The zero-order chi connectivity index (χ0) is 20.8. The van der Waals surface area contributed by atoms with Crippen LogP contribution in [0.1, 0.15) is 18.9 Å². The zero-order valence-electron chi connectivity index (χ0n) is 16.0. The molecule has 0 saturated carbocycles. The number of carbonyl (C=O) groups is 2. The van der Waals surface area contributed by atoms with Crippen molar-refractivity contribution in [2.24, 2.45) is 5.92 Å². The first-order valence-corrected chi connectivity index (χ1v) is 9.75. The van der Waals surface area contributed by atoms with Gasteiger partial charge in [-0.2, -0.15) is 0 Å². The number of fused-ring (bicyclic) bond motifs is 2. The number of anilines is 2. The molecule has 1 fully saturated rings. The van der Waals surface area contributed by atoms with Gasteiger partial charge < -0.3 is 20.5 Å². The van der Waals surface area contributed by atoms with Crippen LogP contribution in [0.25, 0.3) is 0 Å². The number of methoxy groups -OCH3 is 1. The summed E-state index contributed by atoms with van der Waals surface area (Å²) in [7, 11) is 1.50. The van der Waals surface area contributed by atoms with Gasteiger partial charge in [0.15, 0.2) is 0 Å². The number of ether oxygens (including phenoxy) is 1. The predicted octanol–water partition coefficient (Wildman–Crippen LogP) is 2.49. The first kappa shape index (κ1) is 19.7. The molecule has 0 radical (unpaired) electrons. The first-order chi connectivity index (χ1) is 13.9. The molecule has 0 bridgehead atoms. The molecule has 2 aromatic rings. The number of amides is 2. The van der Waals surface area contributed by atoms with Gasteiger partial charge in [0, 0.05) is 22.3 Å². The molecule has 2 aliphatic heterocycles. The van der Waals surface area contributed by atoms with E-state index in [2.05, 4.69) is 16.0 Å². The van der Waals surface area contributed by atoms with Gasteiger partial charge in [-0.15, -0.1) is 0 Å². The van der Waals surface area contributed by atoms with Crippen LogP contribution in [0.2, 0.25) is 5.02 Å². The summed E-state index contributed by atoms with van der Waals surface area (Å²) in [6, 6.07) is 11.8. The van der Waals surface area contributed by atoms with E-state index in [4.69, 9.17) is 16.3 Å². The zero-order valence-corrected chi connectivity index (χ0v) is 16.8. The van der Waals surface area contributed by atoms with Gasteiger partial charge in [-0.1, -0.05) is 29.8 Å². The number of para-hydroxylation sites is 1. The lowest BCUT2D eigenvalue weighted by Gasteiger charge is -2.29. The van der Waals surface area contributed by atoms with E-state index in [1.807, 2.05) is 18.2 Å². The number of nitrogens with one attached hydrogen (secondary N) is 3. The Kier molecular flexibility index (Phi) is 4.98. The van der Waals surface area contributed by atoms with Crippen LogP contribution in [0, 0.1) is 5.92 Å². The summed E-state index contributed by atoms with van der Waals surface area (Å²) in [5, 5.41) is 19.6. The molecule has 4 N–H and O–H groups in total. The molecule has 2 aliphatic rings. The van der Waals surface area contributed by atoms with E-state index in [1.54, 1.807) is 31.2 Å². The molecular formula is C21H22ClN3O4. The van der Waals surface area contributed by atoms with E-state index in [9.17, 15) is 14.7 Å². The highest BCUT2D eigenvalue weighted by molar-refractivity contribution is 6.31. The molecule has 1 saturated heterocycles. The van der Waals surface area contributed by atoms with Crippen LogP contribution in [-0.2, 0) is 15.1 Å². The van der Waals surface area contributed by atoms with Crippen LogP contribution in [-0.4, -0.2) is 36.2 Å². The molecule has 1 spiro atoms. The van der Waals surface area contributed by atoms with Crippen molar-refractivity contribution in [2.75, 3.05) is 17.7 Å². The predicted molar refractivity (Wildman–Crippen MR) is 110 cm³/mol. The second-order valence-electron chi connectivity index (χ2n) is 7.42. The number of benzene rings is 2. The molecule has 2 amide bonds. The van der Waals surface area contributed by atoms with Gasteiger partial charge in [-0.25, -0.2) is 0 Å². The standard InChI is InChI=1S/C21H22ClN3O4/c1-11(26)16-10-14(19(27)23-17-9-12(22)7-8-18(17)29-2)21(25-16)13-5-3-4-6-15(13)24-20(21)28/h3-9,11,14,16,25-26H,10H2,1-2H3,(H,23,27)(H,24,28)/t11-,14-,16+,21+/m1/s1. The quantitative estimate of drug-likeness (QED) is 0.614. The highest BCUT2D eigenvalue weighted by Gasteiger charge is 2.60. The van der Waals surface area contributed by atoms with Gasteiger partial charge in [-0.05, 0) is 37.6 Å². The van der Waals surface area contributed by atoms with Crippen molar-refractivity contribution in [3.05, 3.63) is 53.1 Å². The Morgan fingerprint density at radius 3 is 2.83 bits per heavy atom. The maximum Gasteiger partial charge on any atom is 0.250 e. The molecule has 4 rings (SSSR count). The van der Waals surface area contributed by atoms with Crippen molar-refractivity contribution in [1.82, 2.24) is 5.32 Å². The molecule has 7 nitrogen and oxygen atoms in total. The minimum absolute atomic E-state index is 0.300. The molecule has 8 heteroatoms. The van der Waals surface area contributed by atoms with Gasteiger partial charge in [0.25, 0.3) is 0 Å². The second kappa shape index (κ2) is 7.33. The van der Waals surface area contributed by atoms with E-state index in [-0.39, 0.29) is 11.8 Å². The molecule has 0 unspecified atom stereocenters. The fraction of sp³-hybridized carbons (Fsp3) is 0.333. The summed E-state index contributed by atoms with van der Waals surface area (Å²) >= 11 is 6.08. The van der Waals surface area contributed by atoms with Crippen LogP contribution >= 0.6 is 11.6 Å². The fourth-order valence-electron chi connectivity index (χ4n) is 4.27. The van der Waals surface area contributed by atoms with Crippen molar-refractivity contribution in [3.8, 4) is 5.75 Å². The summed E-state index contributed by atoms with van der Waals surface area (Å²) in [6.45, 7) is 1.64. The summed E-state index contributed by atoms with van der Waals surface area (Å²) in [5.74, 6) is -0.936. The van der Waals surface area contributed by atoms with Gasteiger partial charge >= 0.3 is 0 Å². The number of hydrogen-bond acceptors (Lipinski definition) is 5. The molecule has 0 aromatic heterocycles. The average molecular weight is 416 g/mol. The summed E-state index contributed by atoms with van der Waals surface area (Å²) in [5.41, 5.74) is 0.529. The van der Waals surface area contributed by atoms with Gasteiger partial charge in [0.2, 0.25) is 11.8 Å². The van der Waals surface area contributed by atoms with Crippen molar-refractivity contribution in [2.45, 2.75) is 31.0 Å². The van der Waals surface area contributed by atoms with Crippen LogP contribution in [0.4, 0.5) is 11.4 Å². The summed E-state index contributed by atoms with van der Waals surface area (Å²) in [4.78, 5) is 26.5. The Balaban J connectivity index is 1.74. The average Bonchev–Trinajstić information content (AvgIpc) is 3.22. The van der Waals surface area contributed by atoms with Crippen LogP contribution in [0.15, 0.2) is 42.5 Å². The molecule has 152 valence electrons. The van der Waals surface area contributed by atoms with Crippen molar-refractivity contribution < 1.29 is 19.4 Å². The van der Waals surface area contributed by atoms with Crippen molar-refractivity contribution in [1.29, 1.82) is 0 Å². The third-order valence-corrected chi connectivity index (χ3v) is 5.94. The van der Waals surface area contributed by atoms with Gasteiger partial charge in [-0.3, -0.25) is 14.9 Å². The Labute approximate surface area is 173 Å². The van der Waals surface area contributed by atoms with E-state index in [0.717, 1.165) is 0 Å². The Morgan fingerprint density at radius 2 is 2.10 bits per heavy atom. The number of hydrogen-bond donors (Lipinski definition) is 4. The Bertz CT molecular complexity index is 980. The molecule has 4 atom stereocenters. The fourth-order valence-corrected chi connectivity index (χ4v) is 4.44. The number of carbonyl (C=O) groups excluding carboxylic acids is 2. The largest absolute Gasteiger partial charge is 0.495 e. The maximum absolute atomic E-state index is 13.4. The topological polar surface area (TPSA) is 99.7 Å². The van der Waals surface area contributed by atoms with Crippen LogP contribution in [0.3, 0.4) is 0 Å². The SMILES string of the molecule is COc1ccc(Cl)cc1NC(=O)[C@H]1C[C@@H]([C@@H](C)O)N[C@]12C(=O)Nc1ccccc12. The smallest absolute Gasteiger partial charge is 0.250 e. The highest BCUT2D eigenvalue weighted by Crippen LogP contribution is 2.47. The Morgan fingerprint density at radius 1 is 1.34 bits per heavy atom. The third kappa shape index (κ3) is 3.15. The first-order valence-electron chi connectivity index (χ1n) is 9.38. The minimum atomic E-state index is -1.26. The maximum atomic E-state index is 13.4. The minimum Gasteiger partial charge on any atom is -0.495 e. The molecule has 29 heavy (non-hydrogen) atoms. The van der Waals surface area contributed by atoms with Gasteiger partial charge in [0.1, 0.15) is 11.3 Å².